The van der Waals surface area contributed by atoms with Crippen molar-refractivity contribution in [2.75, 3.05) is 23.9 Å². The van der Waals surface area contributed by atoms with Gasteiger partial charge in [0.15, 0.2) is 6.61 Å². The monoisotopic (exact) mass is 762 g/mol. The first-order valence-corrected chi connectivity index (χ1v) is 11.9. The minimum absolute atomic E-state index is 0.140. The SMILES string of the molecule is CC(=O)Nc1c(I)c(C(=O)OCC(=O)Oc2ccccc2)c(I)c(N(C)C(C)=O)c1I. The second-order valence-electron chi connectivity index (χ2n) is 6.16. The van der Waals surface area contributed by atoms with E-state index in [2.05, 4.69) is 5.32 Å². The van der Waals surface area contributed by atoms with E-state index in [1.807, 2.05) is 67.8 Å². The number of amides is 2. The number of carbonyl (C=O) groups is 4. The lowest BCUT2D eigenvalue weighted by Crippen LogP contribution is -2.28. The fourth-order valence-corrected chi connectivity index (χ4v) is 7.01. The van der Waals surface area contributed by atoms with Gasteiger partial charge in [-0.15, -0.1) is 0 Å². The van der Waals surface area contributed by atoms with Gasteiger partial charge in [0.05, 0.1) is 27.6 Å². The predicted molar refractivity (Wildman–Crippen MR) is 140 cm³/mol. The lowest BCUT2D eigenvalue weighted by molar-refractivity contribution is -0.137. The highest BCUT2D eigenvalue weighted by Gasteiger charge is 2.29. The zero-order chi connectivity index (χ0) is 23.3. The number of nitrogens with one attached hydrogen (secondary N) is 1. The number of hydrogen-bond acceptors (Lipinski definition) is 6. The largest absolute Gasteiger partial charge is 0.450 e. The van der Waals surface area contributed by atoms with Crippen LogP contribution >= 0.6 is 67.8 Å². The van der Waals surface area contributed by atoms with Crippen molar-refractivity contribution in [2.24, 2.45) is 0 Å². The molecule has 1 N–H and O–H groups in total. The number of esters is 2. The summed E-state index contributed by atoms with van der Waals surface area (Å²) in [6.07, 6.45) is 0. The normalized spacial score (nSPS) is 10.3. The number of para-hydroxylation sites is 1. The molecule has 0 spiro atoms. The topological polar surface area (TPSA) is 102 Å². The van der Waals surface area contributed by atoms with E-state index < -0.39 is 18.5 Å². The predicted octanol–water partition coefficient (Wildman–Crippen LogP) is 4.20. The number of carbonyl (C=O) groups excluding carboxylic acids is 4. The number of anilines is 2. The van der Waals surface area contributed by atoms with E-state index >= 15 is 0 Å². The summed E-state index contributed by atoms with van der Waals surface area (Å²) in [4.78, 5) is 50.0. The molecule has 0 atom stereocenters. The van der Waals surface area contributed by atoms with Crippen LogP contribution in [0, 0.1) is 10.7 Å². The highest BCUT2D eigenvalue weighted by molar-refractivity contribution is 14.1. The van der Waals surface area contributed by atoms with Crippen molar-refractivity contribution in [1.29, 1.82) is 0 Å². The van der Waals surface area contributed by atoms with Crippen molar-refractivity contribution < 1.29 is 28.7 Å². The van der Waals surface area contributed by atoms with Crippen LogP contribution in [0.1, 0.15) is 24.2 Å². The summed E-state index contributed by atoms with van der Waals surface area (Å²) in [6, 6.07) is 8.41. The molecule has 164 valence electrons. The van der Waals surface area contributed by atoms with Crippen LogP contribution in [0.2, 0.25) is 0 Å². The van der Waals surface area contributed by atoms with Crippen molar-refractivity contribution in [3.8, 4) is 5.75 Å². The first-order valence-electron chi connectivity index (χ1n) is 8.69. The Morgan fingerprint density at radius 2 is 1.58 bits per heavy atom. The van der Waals surface area contributed by atoms with Crippen LogP contribution in [-0.2, 0) is 19.1 Å². The van der Waals surface area contributed by atoms with Crippen molar-refractivity contribution in [3.05, 3.63) is 46.6 Å². The molecule has 0 aliphatic rings. The molecule has 0 saturated heterocycles. The molecule has 0 unspecified atom stereocenters. The van der Waals surface area contributed by atoms with E-state index in [0.29, 0.717) is 27.8 Å². The Bertz CT molecular complexity index is 1040. The number of hydrogen-bond donors (Lipinski definition) is 1. The summed E-state index contributed by atoms with van der Waals surface area (Å²) in [5.41, 5.74) is 0.980. The minimum Gasteiger partial charge on any atom is -0.450 e. The molecule has 11 heteroatoms. The number of benzene rings is 2. The smallest absolute Gasteiger partial charge is 0.349 e. The van der Waals surface area contributed by atoms with Gasteiger partial charge in [-0.2, -0.15) is 0 Å². The van der Waals surface area contributed by atoms with Gasteiger partial charge in [-0.3, -0.25) is 9.59 Å². The Morgan fingerprint density at radius 3 is 2.13 bits per heavy atom. The summed E-state index contributed by atoms with van der Waals surface area (Å²) in [5, 5.41) is 2.70. The van der Waals surface area contributed by atoms with Crippen LogP contribution in [0.25, 0.3) is 0 Å². The molecular formula is C20H17I3N2O6. The van der Waals surface area contributed by atoms with Gasteiger partial charge in [0, 0.05) is 20.9 Å². The lowest BCUT2D eigenvalue weighted by Gasteiger charge is -2.24. The third-order valence-corrected chi connectivity index (χ3v) is 7.08. The summed E-state index contributed by atoms with van der Waals surface area (Å²) in [5.74, 6) is -1.77. The van der Waals surface area contributed by atoms with Crippen molar-refractivity contribution in [1.82, 2.24) is 0 Å². The third-order valence-electron chi connectivity index (χ3n) is 3.90. The molecule has 2 rings (SSSR count). The summed E-state index contributed by atoms with van der Waals surface area (Å²) >= 11 is 5.89. The maximum atomic E-state index is 12.9. The third kappa shape index (κ3) is 6.50. The molecule has 8 nitrogen and oxygen atoms in total. The van der Waals surface area contributed by atoms with Gasteiger partial charge in [-0.25, -0.2) is 9.59 Å². The molecule has 2 aromatic carbocycles. The van der Waals surface area contributed by atoms with Crippen molar-refractivity contribution in [3.63, 3.8) is 0 Å². The van der Waals surface area contributed by atoms with Crippen LogP contribution in [-0.4, -0.2) is 37.4 Å². The van der Waals surface area contributed by atoms with Crippen molar-refractivity contribution >= 4 is 103 Å². The Labute approximate surface area is 219 Å². The molecular weight excluding hydrogens is 745 g/mol. The van der Waals surface area contributed by atoms with E-state index in [-0.39, 0.29) is 17.4 Å². The Morgan fingerprint density at radius 1 is 0.968 bits per heavy atom. The highest BCUT2D eigenvalue weighted by atomic mass is 127. The molecule has 0 aromatic heterocycles. The van der Waals surface area contributed by atoms with Gasteiger partial charge in [0.25, 0.3) is 0 Å². The quantitative estimate of drug-likeness (QED) is 0.269. The van der Waals surface area contributed by atoms with E-state index in [4.69, 9.17) is 9.47 Å². The Kier molecular flexibility index (Phi) is 9.47. The maximum Gasteiger partial charge on any atom is 0.349 e. The number of nitrogens with zero attached hydrogens (tertiary/aromatic N) is 1. The van der Waals surface area contributed by atoms with Crippen molar-refractivity contribution in [2.45, 2.75) is 13.8 Å². The average molecular weight is 762 g/mol. The highest BCUT2D eigenvalue weighted by Crippen LogP contribution is 2.40. The second-order valence-corrected chi connectivity index (χ2v) is 9.40. The zero-order valence-electron chi connectivity index (χ0n) is 16.6. The first kappa shape index (κ1) is 25.8. The molecule has 31 heavy (non-hydrogen) atoms. The minimum atomic E-state index is -0.778. The molecule has 0 saturated carbocycles. The summed E-state index contributed by atoms with van der Waals surface area (Å²) < 4.78 is 11.8. The standard InChI is InChI=1S/C20H17I3N2O6/c1-10(26)24-18-15(21)14(16(22)19(17(18)23)25(3)11(2)27)20(29)30-9-13(28)31-12-7-5-4-6-8-12/h4-8H,9H2,1-3H3,(H,24,26). The zero-order valence-corrected chi connectivity index (χ0v) is 23.1. The van der Waals surface area contributed by atoms with Crippen LogP contribution in [0.4, 0.5) is 11.4 Å². The van der Waals surface area contributed by atoms with E-state index in [0.717, 1.165) is 0 Å². The summed E-state index contributed by atoms with van der Waals surface area (Å²) in [6.45, 7) is 2.13. The van der Waals surface area contributed by atoms with Gasteiger partial charge < -0.3 is 19.7 Å². The molecule has 0 aliphatic heterocycles. The summed E-state index contributed by atoms with van der Waals surface area (Å²) in [7, 11) is 1.57. The fraction of sp³-hybridized carbons (Fsp3) is 0.200. The molecule has 2 amide bonds. The number of halogens is 3. The van der Waals surface area contributed by atoms with Gasteiger partial charge >= 0.3 is 11.9 Å². The van der Waals surface area contributed by atoms with Gasteiger partial charge in [0.1, 0.15) is 5.75 Å². The molecule has 0 bridgehead atoms. The van der Waals surface area contributed by atoms with E-state index in [1.165, 1.54) is 18.7 Å². The van der Waals surface area contributed by atoms with E-state index in [9.17, 15) is 19.2 Å². The molecule has 0 fully saturated rings. The number of rotatable bonds is 6. The molecule has 2 aromatic rings. The molecule has 0 heterocycles. The lowest BCUT2D eigenvalue weighted by atomic mass is 10.1. The molecule has 0 radical (unpaired) electrons. The first-order chi connectivity index (χ1) is 14.5. The Hall–Kier alpha value is -1.49. The van der Waals surface area contributed by atoms with Crippen LogP contribution < -0.4 is 15.0 Å². The van der Waals surface area contributed by atoms with Gasteiger partial charge in [-0.1, -0.05) is 18.2 Å². The number of ether oxygens (including phenoxy) is 2. The van der Waals surface area contributed by atoms with Crippen LogP contribution in [0.5, 0.6) is 5.75 Å². The molecule has 0 aliphatic carbocycles. The van der Waals surface area contributed by atoms with Crippen LogP contribution in [0.15, 0.2) is 30.3 Å². The van der Waals surface area contributed by atoms with E-state index in [1.54, 1.807) is 37.4 Å². The second kappa shape index (κ2) is 11.4. The average Bonchev–Trinajstić information content (AvgIpc) is 2.70. The maximum absolute atomic E-state index is 12.9. The van der Waals surface area contributed by atoms with Gasteiger partial charge in [-0.05, 0) is 79.9 Å². The van der Waals surface area contributed by atoms with Crippen LogP contribution in [0.3, 0.4) is 0 Å². The Balaban J connectivity index is 2.38. The fourth-order valence-electron chi connectivity index (χ4n) is 2.41. The van der Waals surface area contributed by atoms with Gasteiger partial charge in [0.2, 0.25) is 11.8 Å².